The number of H-pyrrole nitrogens is 1. The molecule has 1 aromatic carbocycles. The standard InChI is InChI=1S/C30H43ClN10O3/c1-29(2,3)24(25(43)33-21(32)14-15-23(42)44-30(4,5)6)35-27-36-26(34-22-16-19(39-40-22)17-12-13-17)37-28(38-27)41(7)20-11-9-8-10-18(20)31/h8-11,16-17,21,24H,12-15,32H2,1-7H3,(H,33,43)(H3,34,35,36,37,38,39,40). The van der Waals surface area contributed by atoms with E-state index in [1.54, 1.807) is 38.8 Å². The molecule has 2 unspecified atom stereocenters. The smallest absolute Gasteiger partial charge is 0.306 e. The first kappa shape index (κ1) is 32.9. The number of rotatable bonds is 12. The zero-order chi connectivity index (χ0) is 32.2. The molecule has 44 heavy (non-hydrogen) atoms. The number of nitrogens with two attached hydrogens (primary N) is 1. The van der Waals surface area contributed by atoms with E-state index < -0.39 is 23.2 Å². The molecule has 13 nitrogen and oxygen atoms in total. The number of nitrogens with zero attached hydrogens (tertiary/aromatic N) is 5. The number of esters is 1. The summed E-state index contributed by atoms with van der Waals surface area (Å²) in [6.45, 7) is 11.1. The molecule has 0 radical (unpaired) electrons. The van der Waals surface area contributed by atoms with Crippen LogP contribution in [0, 0.1) is 5.41 Å². The topological polar surface area (TPSA) is 176 Å². The zero-order valence-electron chi connectivity index (χ0n) is 26.4. The van der Waals surface area contributed by atoms with Crippen LogP contribution >= 0.6 is 11.6 Å². The van der Waals surface area contributed by atoms with Gasteiger partial charge in [-0.3, -0.25) is 14.7 Å². The molecular formula is C30H43ClN10O3. The summed E-state index contributed by atoms with van der Waals surface area (Å²) < 4.78 is 5.35. The van der Waals surface area contributed by atoms with E-state index in [2.05, 4.69) is 41.1 Å². The number of benzene rings is 1. The third-order valence-corrected chi connectivity index (χ3v) is 7.11. The fourth-order valence-electron chi connectivity index (χ4n) is 4.39. The Morgan fingerprint density at radius 1 is 1.11 bits per heavy atom. The first-order valence-corrected chi connectivity index (χ1v) is 15.1. The van der Waals surface area contributed by atoms with Crippen molar-refractivity contribution in [1.82, 2.24) is 30.5 Å². The first-order valence-electron chi connectivity index (χ1n) is 14.7. The molecule has 1 saturated carbocycles. The van der Waals surface area contributed by atoms with Gasteiger partial charge in [-0.2, -0.15) is 20.1 Å². The van der Waals surface area contributed by atoms with Gasteiger partial charge < -0.3 is 31.3 Å². The lowest BCUT2D eigenvalue weighted by Crippen LogP contribution is -2.53. The molecular weight excluding hydrogens is 584 g/mol. The summed E-state index contributed by atoms with van der Waals surface area (Å²) in [6.07, 6.45) is 1.77. The van der Waals surface area contributed by atoms with Crippen LogP contribution in [0.1, 0.15) is 78.8 Å². The van der Waals surface area contributed by atoms with Gasteiger partial charge in [0, 0.05) is 25.5 Å². The van der Waals surface area contributed by atoms with Crippen molar-refractivity contribution in [3.63, 3.8) is 0 Å². The van der Waals surface area contributed by atoms with Gasteiger partial charge in [0.1, 0.15) is 17.5 Å². The van der Waals surface area contributed by atoms with E-state index in [1.165, 1.54) is 0 Å². The summed E-state index contributed by atoms with van der Waals surface area (Å²) in [6, 6.07) is 8.49. The molecule has 0 spiro atoms. The molecule has 2 atom stereocenters. The average molecular weight is 627 g/mol. The molecule has 0 saturated heterocycles. The maximum atomic E-state index is 13.5. The van der Waals surface area contributed by atoms with Crippen molar-refractivity contribution in [3.05, 3.63) is 41.0 Å². The molecule has 1 aliphatic rings. The van der Waals surface area contributed by atoms with Crippen LogP contribution in [0.5, 0.6) is 0 Å². The molecule has 14 heteroatoms. The van der Waals surface area contributed by atoms with Gasteiger partial charge in [-0.15, -0.1) is 0 Å². The molecule has 1 fully saturated rings. The van der Waals surface area contributed by atoms with E-state index in [0.29, 0.717) is 28.4 Å². The molecule has 238 valence electrons. The zero-order valence-corrected chi connectivity index (χ0v) is 27.1. The number of carbonyl (C=O) groups excluding carboxylic acids is 2. The van der Waals surface area contributed by atoms with Gasteiger partial charge in [0.05, 0.1) is 22.6 Å². The first-order chi connectivity index (χ1) is 20.6. The van der Waals surface area contributed by atoms with E-state index in [0.717, 1.165) is 18.5 Å². The maximum absolute atomic E-state index is 13.5. The van der Waals surface area contributed by atoms with Gasteiger partial charge >= 0.3 is 5.97 Å². The number of aromatic nitrogens is 5. The van der Waals surface area contributed by atoms with E-state index >= 15 is 0 Å². The highest BCUT2D eigenvalue weighted by atomic mass is 35.5. The van der Waals surface area contributed by atoms with Crippen LogP contribution in [0.3, 0.4) is 0 Å². The van der Waals surface area contributed by atoms with Crippen molar-refractivity contribution < 1.29 is 14.3 Å². The third kappa shape index (κ3) is 9.26. The number of carbonyl (C=O) groups is 2. The number of para-hydroxylation sites is 1. The summed E-state index contributed by atoms with van der Waals surface area (Å²) in [5.41, 5.74) is 6.70. The van der Waals surface area contributed by atoms with E-state index in [-0.39, 0.29) is 36.6 Å². The Morgan fingerprint density at radius 2 is 1.80 bits per heavy atom. The number of amides is 1. The van der Waals surface area contributed by atoms with E-state index in [9.17, 15) is 9.59 Å². The highest BCUT2D eigenvalue weighted by molar-refractivity contribution is 6.33. The van der Waals surface area contributed by atoms with Crippen LogP contribution < -0.4 is 26.6 Å². The number of ether oxygens (including phenoxy) is 1. The van der Waals surface area contributed by atoms with Crippen LogP contribution in [0.25, 0.3) is 0 Å². The van der Waals surface area contributed by atoms with E-state index in [1.807, 2.05) is 45.0 Å². The Hall–Kier alpha value is -3.97. The number of hydrogen-bond donors (Lipinski definition) is 5. The summed E-state index contributed by atoms with van der Waals surface area (Å²) in [7, 11) is 1.79. The number of hydrogen-bond acceptors (Lipinski definition) is 11. The lowest BCUT2D eigenvalue weighted by atomic mass is 9.86. The average Bonchev–Trinajstić information content (AvgIpc) is 3.67. The summed E-state index contributed by atoms with van der Waals surface area (Å²) in [5, 5.41) is 17.1. The van der Waals surface area contributed by atoms with Gasteiger partial charge in [-0.25, -0.2) is 0 Å². The fourth-order valence-corrected chi connectivity index (χ4v) is 4.65. The van der Waals surface area contributed by atoms with Gasteiger partial charge in [0.25, 0.3) is 0 Å². The van der Waals surface area contributed by atoms with Crippen LogP contribution in [-0.4, -0.2) is 61.9 Å². The number of anilines is 5. The normalized spacial score (nSPS) is 14.8. The Kier molecular flexibility index (Phi) is 9.99. The quantitative estimate of drug-likeness (QED) is 0.135. The number of aromatic amines is 1. The molecule has 4 rings (SSSR count). The number of halogens is 1. The van der Waals surface area contributed by atoms with Gasteiger partial charge in [0.2, 0.25) is 23.8 Å². The Balaban J connectivity index is 1.56. The molecule has 0 aliphatic heterocycles. The fraction of sp³-hybridized carbons (Fsp3) is 0.533. The molecule has 1 aliphatic carbocycles. The van der Waals surface area contributed by atoms with Crippen molar-refractivity contribution >= 4 is 52.8 Å². The maximum Gasteiger partial charge on any atom is 0.306 e. The predicted molar refractivity (Wildman–Crippen MR) is 171 cm³/mol. The van der Waals surface area contributed by atoms with Crippen molar-refractivity contribution in [3.8, 4) is 0 Å². The number of nitrogens with one attached hydrogen (secondary N) is 4. The van der Waals surface area contributed by atoms with Crippen LogP contribution in [-0.2, 0) is 14.3 Å². The lowest BCUT2D eigenvalue weighted by molar-refractivity contribution is -0.155. The van der Waals surface area contributed by atoms with Crippen molar-refractivity contribution in [2.24, 2.45) is 11.1 Å². The van der Waals surface area contributed by atoms with Crippen molar-refractivity contribution in [2.75, 3.05) is 22.6 Å². The Morgan fingerprint density at radius 3 is 2.43 bits per heavy atom. The van der Waals surface area contributed by atoms with Gasteiger partial charge in [0.15, 0.2) is 0 Å². The summed E-state index contributed by atoms with van der Waals surface area (Å²) >= 11 is 6.48. The molecule has 1 amide bonds. The molecule has 2 heterocycles. The largest absolute Gasteiger partial charge is 0.460 e. The van der Waals surface area contributed by atoms with Crippen LogP contribution in [0.15, 0.2) is 30.3 Å². The van der Waals surface area contributed by atoms with E-state index in [4.69, 9.17) is 22.1 Å². The molecule has 2 aromatic heterocycles. The summed E-state index contributed by atoms with van der Waals surface area (Å²) in [5.74, 6) is 1.06. The predicted octanol–water partition coefficient (Wildman–Crippen LogP) is 4.99. The van der Waals surface area contributed by atoms with Gasteiger partial charge in [-0.05, 0) is 57.6 Å². The molecule has 3 aromatic rings. The third-order valence-electron chi connectivity index (χ3n) is 6.79. The minimum atomic E-state index is -0.794. The SMILES string of the molecule is CN(c1nc(Nc2cc(C3CC3)n[nH]2)nc(NC(C(=O)NC(N)CCC(=O)OC(C)(C)C)C(C)(C)C)n1)c1ccccc1Cl. The monoisotopic (exact) mass is 626 g/mol. The minimum absolute atomic E-state index is 0.0721. The Labute approximate surface area is 263 Å². The minimum Gasteiger partial charge on any atom is -0.460 e. The van der Waals surface area contributed by atoms with Crippen molar-refractivity contribution in [2.45, 2.75) is 91.0 Å². The van der Waals surface area contributed by atoms with Crippen LogP contribution in [0.4, 0.5) is 29.4 Å². The second kappa shape index (κ2) is 13.3. The molecule has 0 bridgehead atoms. The summed E-state index contributed by atoms with van der Waals surface area (Å²) in [4.78, 5) is 41.2. The lowest BCUT2D eigenvalue weighted by Gasteiger charge is -2.31. The second-order valence-electron chi connectivity index (χ2n) is 13.1. The Bertz CT molecular complexity index is 1460. The highest BCUT2D eigenvalue weighted by Gasteiger charge is 2.33. The van der Waals surface area contributed by atoms with Crippen molar-refractivity contribution in [1.29, 1.82) is 0 Å². The van der Waals surface area contributed by atoms with Gasteiger partial charge in [-0.1, -0.05) is 44.5 Å². The second-order valence-corrected chi connectivity index (χ2v) is 13.5. The highest BCUT2D eigenvalue weighted by Crippen LogP contribution is 2.39. The molecule has 6 N–H and O–H groups in total. The van der Waals surface area contributed by atoms with Crippen LogP contribution in [0.2, 0.25) is 5.02 Å².